The Morgan fingerprint density at radius 1 is 0.852 bits per heavy atom. The van der Waals surface area contributed by atoms with E-state index in [0.29, 0.717) is 5.56 Å². The first-order valence-corrected chi connectivity index (χ1v) is 8.83. The second-order valence-electron chi connectivity index (χ2n) is 6.86. The SMILES string of the molecule is COc1cc2ccc(C)c(C)c2cc1-c1ccc2cc(C(=O)O)ccc2c1. The van der Waals surface area contributed by atoms with Crippen molar-refractivity contribution in [2.45, 2.75) is 13.8 Å². The third-order valence-corrected chi connectivity index (χ3v) is 5.28. The average molecular weight is 356 g/mol. The van der Waals surface area contributed by atoms with E-state index in [1.165, 1.54) is 16.5 Å². The third-order valence-electron chi connectivity index (χ3n) is 5.28. The number of carboxylic acids is 1. The van der Waals surface area contributed by atoms with Crippen molar-refractivity contribution in [1.82, 2.24) is 0 Å². The van der Waals surface area contributed by atoms with Crippen molar-refractivity contribution in [3.05, 3.63) is 77.4 Å². The molecule has 4 rings (SSSR count). The predicted molar refractivity (Wildman–Crippen MR) is 110 cm³/mol. The van der Waals surface area contributed by atoms with Crippen molar-refractivity contribution in [2.24, 2.45) is 0 Å². The monoisotopic (exact) mass is 356 g/mol. The molecule has 3 heteroatoms. The highest BCUT2D eigenvalue weighted by atomic mass is 16.5. The lowest BCUT2D eigenvalue weighted by atomic mass is 9.94. The summed E-state index contributed by atoms with van der Waals surface area (Å²) in [7, 11) is 1.69. The van der Waals surface area contributed by atoms with Gasteiger partial charge in [-0.05, 0) is 82.4 Å². The molecule has 0 saturated carbocycles. The molecule has 134 valence electrons. The highest BCUT2D eigenvalue weighted by Gasteiger charge is 2.12. The Labute approximate surface area is 157 Å². The van der Waals surface area contributed by atoms with Gasteiger partial charge in [0.25, 0.3) is 0 Å². The molecule has 0 atom stereocenters. The number of fused-ring (bicyclic) bond motifs is 2. The predicted octanol–water partition coefficient (Wildman–Crippen LogP) is 5.98. The molecule has 27 heavy (non-hydrogen) atoms. The number of methoxy groups -OCH3 is 1. The minimum Gasteiger partial charge on any atom is -0.496 e. The maximum Gasteiger partial charge on any atom is 0.335 e. The van der Waals surface area contributed by atoms with Crippen LogP contribution >= 0.6 is 0 Å². The van der Waals surface area contributed by atoms with Gasteiger partial charge in [-0.1, -0.05) is 30.3 Å². The summed E-state index contributed by atoms with van der Waals surface area (Å²) in [5, 5.41) is 13.5. The molecule has 4 aromatic rings. The minimum absolute atomic E-state index is 0.296. The smallest absolute Gasteiger partial charge is 0.335 e. The van der Waals surface area contributed by atoms with E-state index in [9.17, 15) is 9.90 Å². The molecule has 3 nitrogen and oxygen atoms in total. The van der Waals surface area contributed by atoms with Crippen molar-refractivity contribution < 1.29 is 14.6 Å². The molecule has 1 N–H and O–H groups in total. The van der Waals surface area contributed by atoms with Gasteiger partial charge in [0.2, 0.25) is 0 Å². The van der Waals surface area contributed by atoms with Crippen molar-refractivity contribution >= 4 is 27.5 Å². The number of aromatic carboxylic acids is 1. The summed E-state index contributed by atoms with van der Waals surface area (Å²) < 4.78 is 5.66. The van der Waals surface area contributed by atoms with Crippen LogP contribution in [0.4, 0.5) is 0 Å². The van der Waals surface area contributed by atoms with Crippen LogP contribution in [0.25, 0.3) is 32.7 Å². The maximum absolute atomic E-state index is 11.2. The third kappa shape index (κ3) is 2.91. The summed E-state index contributed by atoms with van der Waals surface area (Å²) in [6, 6.07) is 19.8. The normalized spacial score (nSPS) is 11.1. The quantitative estimate of drug-likeness (QED) is 0.491. The van der Waals surface area contributed by atoms with Crippen LogP contribution in [0.15, 0.2) is 60.7 Å². The molecule has 0 heterocycles. The molecule has 0 saturated heterocycles. The number of carboxylic acid groups (broad SMARTS) is 1. The molecule has 0 fully saturated rings. The van der Waals surface area contributed by atoms with Crippen molar-refractivity contribution in [3.63, 3.8) is 0 Å². The van der Waals surface area contributed by atoms with Gasteiger partial charge in [0.15, 0.2) is 0 Å². The van der Waals surface area contributed by atoms with Crippen LogP contribution in [0, 0.1) is 13.8 Å². The van der Waals surface area contributed by atoms with Gasteiger partial charge in [-0.25, -0.2) is 4.79 Å². The number of ether oxygens (including phenoxy) is 1. The van der Waals surface area contributed by atoms with Crippen LogP contribution in [0.2, 0.25) is 0 Å². The van der Waals surface area contributed by atoms with Gasteiger partial charge in [-0.2, -0.15) is 0 Å². The first-order valence-electron chi connectivity index (χ1n) is 8.83. The standard InChI is InChI=1S/C24H20O3/c1-14-4-5-19-12-23(27-3)22(13-21(19)15(14)2)18-8-6-17-11-20(24(25)26)9-7-16(17)10-18/h4-13H,1-3H3,(H,25,26). The Kier molecular flexibility index (Phi) is 4.08. The molecule has 0 bridgehead atoms. The fourth-order valence-electron chi connectivity index (χ4n) is 3.55. The Hall–Kier alpha value is -3.33. The lowest BCUT2D eigenvalue weighted by Gasteiger charge is -2.14. The number of rotatable bonds is 3. The number of aryl methyl sites for hydroxylation is 2. The van der Waals surface area contributed by atoms with E-state index in [1.807, 2.05) is 18.2 Å². The molecule has 0 aromatic heterocycles. The van der Waals surface area contributed by atoms with Crippen molar-refractivity contribution in [1.29, 1.82) is 0 Å². The van der Waals surface area contributed by atoms with E-state index in [0.717, 1.165) is 33.0 Å². The molecule has 0 spiro atoms. The highest BCUT2D eigenvalue weighted by Crippen LogP contribution is 2.37. The zero-order valence-electron chi connectivity index (χ0n) is 15.5. The number of benzene rings is 4. The van der Waals surface area contributed by atoms with Crippen molar-refractivity contribution in [2.75, 3.05) is 7.11 Å². The summed E-state index contributed by atoms with van der Waals surface area (Å²) in [5.74, 6) is -0.0877. The van der Waals surface area contributed by atoms with Crippen LogP contribution < -0.4 is 4.74 Å². The molecular weight excluding hydrogens is 336 g/mol. The van der Waals surface area contributed by atoms with Gasteiger partial charge in [0, 0.05) is 5.56 Å². The van der Waals surface area contributed by atoms with Gasteiger partial charge in [0.1, 0.15) is 5.75 Å². The first kappa shape index (κ1) is 17.1. The van der Waals surface area contributed by atoms with Gasteiger partial charge >= 0.3 is 5.97 Å². The molecule has 0 aliphatic rings. The maximum atomic E-state index is 11.2. The molecular formula is C24H20O3. The number of hydrogen-bond acceptors (Lipinski definition) is 2. The summed E-state index contributed by atoms with van der Waals surface area (Å²) in [5.41, 5.74) is 4.90. The van der Waals surface area contributed by atoms with Crippen LogP contribution in [0.3, 0.4) is 0 Å². The van der Waals surface area contributed by atoms with E-state index in [2.05, 4.69) is 44.2 Å². The van der Waals surface area contributed by atoms with E-state index in [1.54, 1.807) is 19.2 Å². The van der Waals surface area contributed by atoms with E-state index in [-0.39, 0.29) is 0 Å². The summed E-state index contributed by atoms with van der Waals surface area (Å²) in [4.78, 5) is 11.2. The molecule has 0 aliphatic heterocycles. The number of hydrogen-bond donors (Lipinski definition) is 1. The average Bonchev–Trinajstić information content (AvgIpc) is 2.69. The summed E-state index contributed by atoms with van der Waals surface area (Å²) in [6.07, 6.45) is 0. The highest BCUT2D eigenvalue weighted by molar-refractivity contribution is 5.98. The lowest BCUT2D eigenvalue weighted by Crippen LogP contribution is -1.95. The zero-order valence-corrected chi connectivity index (χ0v) is 15.5. The molecule has 0 aliphatic carbocycles. The van der Waals surface area contributed by atoms with Gasteiger partial charge in [0.05, 0.1) is 12.7 Å². The molecule has 0 radical (unpaired) electrons. The van der Waals surface area contributed by atoms with Crippen molar-refractivity contribution in [3.8, 4) is 16.9 Å². The van der Waals surface area contributed by atoms with Crippen LogP contribution in [0.1, 0.15) is 21.5 Å². The fourth-order valence-corrected chi connectivity index (χ4v) is 3.55. The second-order valence-corrected chi connectivity index (χ2v) is 6.86. The van der Waals surface area contributed by atoms with Crippen LogP contribution in [0.5, 0.6) is 5.75 Å². The zero-order chi connectivity index (χ0) is 19.1. The second kappa shape index (κ2) is 6.44. The van der Waals surface area contributed by atoms with Crippen LogP contribution in [-0.2, 0) is 0 Å². The molecule has 0 unspecified atom stereocenters. The Balaban J connectivity index is 1.93. The molecule has 0 amide bonds. The van der Waals surface area contributed by atoms with E-state index in [4.69, 9.17) is 4.74 Å². The summed E-state index contributed by atoms with van der Waals surface area (Å²) >= 11 is 0. The molecule has 4 aromatic carbocycles. The Morgan fingerprint density at radius 2 is 1.56 bits per heavy atom. The lowest BCUT2D eigenvalue weighted by molar-refractivity contribution is 0.0697. The van der Waals surface area contributed by atoms with Gasteiger partial charge in [-0.3, -0.25) is 0 Å². The largest absolute Gasteiger partial charge is 0.496 e. The van der Waals surface area contributed by atoms with Crippen LogP contribution in [-0.4, -0.2) is 18.2 Å². The topological polar surface area (TPSA) is 46.5 Å². The van der Waals surface area contributed by atoms with E-state index >= 15 is 0 Å². The van der Waals surface area contributed by atoms with Gasteiger partial charge in [-0.15, -0.1) is 0 Å². The summed E-state index contributed by atoms with van der Waals surface area (Å²) in [6.45, 7) is 4.26. The minimum atomic E-state index is -0.914. The Bertz CT molecular complexity index is 1210. The number of carbonyl (C=O) groups is 1. The first-order chi connectivity index (χ1) is 13.0. The van der Waals surface area contributed by atoms with E-state index < -0.39 is 5.97 Å². The van der Waals surface area contributed by atoms with Gasteiger partial charge < -0.3 is 9.84 Å². The fraction of sp³-hybridized carbons (Fsp3) is 0.125. The Morgan fingerprint density at radius 3 is 2.30 bits per heavy atom.